The Kier molecular flexibility index (Phi) is 3.87. The van der Waals surface area contributed by atoms with Crippen LogP contribution in [0, 0.1) is 0 Å². The molecule has 0 heterocycles. The van der Waals surface area contributed by atoms with Gasteiger partial charge < -0.3 is 0 Å². The molecule has 3 aromatic rings. The summed E-state index contributed by atoms with van der Waals surface area (Å²) in [7, 11) is 0. The van der Waals surface area contributed by atoms with Crippen molar-refractivity contribution >= 4 is 0 Å². The minimum absolute atomic E-state index is 0.539. The molecule has 0 radical (unpaired) electrons. The van der Waals surface area contributed by atoms with Gasteiger partial charge in [-0.3, -0.25) is 0 Å². The molecule has 3 rings (SSSR count). The minimum atomic E-state index is 0.539. The van der Waals surface area contributed by atoms with Crippen molar-refractivity contribution in [1.29, 1.82) is 0 Å². The molecule has 0 aliphatic heterocycles. The summed E-state index contributed by atoms with van der Waals surface area (Å²) in [5.41, 5.74) is 6.54. The molecule has 0 N–H and O–H groups in total. The molecular weight excluding hydrogens is 252 g/mol. The maximum absolute atomic E-state index is 2.34. The highest BCUT2D eigenvalue weighted by molar-refractivity contribution is 5.83. The molecule has 0 aromatic heterocycles. The molecule has 0 bridgehead atoms. The second kappa shape index (κ2) is 5.97. The average molecular weight is 272 g/mol. The first kappa shape index (κ1) is 13.6. The van der Waals surface area contributed by atoms with Crippen molar-refractivity contribution in [1.82, 2.24) is 0 Å². The Bertz CT molecular complexity index is 710. The summed E-state index contributed by atoms with van der Waals surface area (Å²) in [6, 6.07) is 28.1. The van der Waals surface area contributed by atoms with Crippen molar-refractivity contribution in [2.24, 2.45) is 0 Å². The van der Waals surface area contributed by atoms with Crippen molar-refractivity contribution in [2.75, 3.05) is 0 Å². The number of hydrogen-bond acceptors (Lipinski definition) is 0. The standard InChI is InChI=1S/C21H20/c1-16(2)19-13-14-20(17-9-5-3-6-10-17)21(15-19)18-11-7-4-8-12-18/h3-16H,1-2H3. The molecule has 3 aromatic carbocycles. The van der Waals surface area contributed by atoms with Crippen LogP contribution < -0.4 is 0 Å². The zero-order valence-electron chi connectivity index (χ0n) is 12.6. The normalized spacial score (nSPS) is 10.8. The Morgan fingerprint density at radius 3 is 1.62 bits per heavy atom. The highest BCUT2D eigenvalue weighted by Crippen LogP contribution is 2.34. The molecule has 0 saturated heterocycles. The van der Waals surface area contributed by atoms with Crippen LogP contribution in [0.25, 0.3) is 22.3 Å². The first-order chi connectivity index (χ1) is 10.3. The van der Waals surface area contributed by atoms with Gasteiger partial charge >= 0.3 is 0 Å². The quantitative estimate of drug-likeness (QED) is 0.537. The number of rotatable bonds is 3. The van der Waals surface area contributed by atoms with Gasteiger partial charge in [-0.25, -0.2) is 0 Å². The van der Waals surface area contributed by atoms with Gasteiger partial charge in [0.25, 0.3) is 0 Å². The third kappa shape index (κ3) is 2.90. The van der Waals surface area contributed by atoms with Gasteiger partial charge in [0.15, 0.2) is 0 Å². The van der Waals surface area contributed by atoms with E-state index in [-0.39, 0.29) is 0 Å². The van der Waals surface area contributed by atoms with E-state index in [1.54, 1.807) is 0 Å². The predicted molar refractivity (Wildman–Crippen MR) is 91.4 cm³/mol. The highest BCUT2D eigenvalue weighted by atomic mass is 14.1. The topological polar surface area (TPSA) is 0 Å². The summed E-state index contributed by atoms with van der Waals surface area (Å²) in [5.74, 6) is 0.539. The Morgan fingerprint density at radius 2 is 1.10 bits per heavy atom. The number of benzene rings is 3. The summed E-state index contributed by atoms with van der Waals surface area (Å²) < 4.78 is 0. The minimum Gasteiger partial charge on any atom is -0.0622 e. The van der Waals surface area contributed by atoms with E-state index in [0.29, 0.717) is 5.92 Å². The number of hydrogen-bond donors (Lipinski definition) is 0. The second-order valence-corrected chi connectivity index (χ2v) is 5.69. The molecule has 0 saturated carbocycles. The third-order valence-electron chi connectivity index (χ3n) is 3.88. The fraction of sp³-hybridized carbons (Fsp3) is 0.143. The van der Waals surface area contributed by atoms with Crippen LogP contribution in [0.2, 0.25) is 0 Å². The van der Waals surface area contributed by atoms with E-state index in [4.69, 9.17) is 0 Å². The summed E-state index contributed by atoms with van der Waals surface area (Å²) >= 11 is 0. The van der Waals surface area contributed by atoms with Crippen LogP contribution in [0.3, 0.4) is 0 Å². The zero-order valence-corrected chi connectivity index (χ0v) is 12.6. The smallest absolute Gasteiger partial charge is 0.0103 e. The summed E-state index contributed by atoms with van der Waals surface area (Å²) in [6.07, 6.45) is 0. The van der Waals surface area contributed by atoms with Crippen LogP contribution >= 0.6 is 0 Å². The Hall–Kier alpha value is -2.34. The second-order valence-electron chi connectivity index (χ2n) is 5.69. The lowest BCUT2D eigenvalue weighted by Crippen LogP contribution is -1.91. The molecule has 0 unspecified atom stereocenters. The van der Waals surface area contributed by atoms with Gasteiger partial charge in [-0.15, -0.1) is 0 Å². The Labute approximate surface area is 127 Å². The van der Waals surface area contributed by atoms with Crippen LogP contribution in [0.1, 0.15) is 25.3 Å². The van der Waals surface area contributed by atoms with Crippen LogP contribution in [0.5, 0.6) is 0 Å². The van der Waals surface area contributed by atoms with Gasteiger partial charge in [0, 0.05) is 0 Å². The molecule has 21 heavy (non-hydrogen) atoms. The average Bonchev–Trinajstić information content (AvgIpc) is 2.56. The van der Waals surface area contributed by atoms with E-state index < -0.39 is 0 Å². The maximum Gasteiger partial charge on any atom is -0.0103 e. The summed E-state index contributed by atoms with van der Waals surface area (Å²) in [5, 5.41) is 0. The highest BCUT2D eigenvalue weighted by Gasteiger charge is 2.09. The molecular formula is C21H20. The molecule has 104 valence electrons. The van der Waals surface area contributed by atoms with Crippen molar-refractivity contribution in [3.63, 3.8) is 0 Å². The zero-order chi connectivity index (χ0) is 14.7. The van der Waals surface area contributed by atoms with Crippen molar-refractivity contribution in [3.05, 3.63) is 84.4 Å². The van der Waals surface area contributed by atoms with Gasteiger partial charge in [-0.05, 0) is 33.7 Å². The van der Waals surface area contributed by atoms with E-state index in [0.717, 1.165) is 0 Å². The summed E-state index contributed by atoms with van der Waals surface area (Å²) in [6.45, 7) is 4.48. The lowest BCUT2D eigenvalue weighted by molar-refractivity contribution is 0.867. The van der Waals surface area contributed by atoms with E-state index in [1.165, 1.54) is 27.8 Å². The van der Waals surface area contributed by atoms with Crippen LogP contribution in [0.4, 0.5) is 0 Å². The van der Waals surface area contributed by atoms with Crippen molar-refractivity contribution in [2.45, 2.75) is 19.8 Å². The molecule has 0 aliphatic carbocycles. The van der Waals surface area contributed by atoms with Gasteiger partial charge in [0.2, 0.25) is 0 Å². The lowest BCUT2D eigenvalue weighted by atomic mass is 9.90. The van der Waals surface area contributed by atoms with E-state index in [2.05, 4.69) is 92.7 Å². The fourth-order valence-electron chi connectivity index (χ4n) is 2.65. The van der Waals surface area contributed by atoms with E-state index >= 15 is 0 Å². The van der Waals surface area contributed by atoms with E-state index in [9.17, 15) is 0 Å². The van der Waals surface area contributed by atoms with E-state index in [1.807, 2.05) is 0 Å². The molecule has 0 amide bonds. The Morgan fingerprint density at radius 1 is 0.571 bits per heavy atom. The molecule has 0 spiro atoms. The van der Waals surface area contributed by atoms with Gasteiger partial charge in [-0.1, -0.05) is 92.7 Å². The predicted octanol–water partition coefficient (Wildman–Crippen LogP) is 6.14. The largest absolute Gasteiger partial charge is 0.0622 e. The SMILES string of the molecule is CC(C)c1ccc(-c2ccccc2)c(-c2ccccc2)c1. The maximum atomic E-state index is 2.34. The molecule has 0 nitrogen and oxygen atoms in total. The third-order valence-corrected chi connectivity index (χ3v) is 3.88. The van der Waals surface area contributed by atoms with Crippen molar-refractivity contribution < 1.29 is 0 Å². The van der Waals surface area contributed by atoms with Crippen LogP contribution in [-0.2, 0) is 0 Å². The monoisotopic (exact) mass is 272 g/mol. The first-order valence-electron chi connectivity index (χ1n) is 7.50. The van der Waals surface area contributed by atoms with Crippen LogP contribution in [0.15, 0.2) is 78.9 Å². The van der Waals surface area contributed by atoms with Crippen molar-refractivity contribution in [3.8, 4) is 22.3 Å². The van der Waals surface area contributed by atoms with Gasteiger partial charge in [0.1, 0.15) is 0 Å². The molecule has 0 heteroatoms. The lowest BCUT2D eigenvalue weighted by Gasteiger charge is -2.14. The molecule has 0 atom stereocenters. The molecule has 0 aliphatic rings. The Balaban J connectivity index is 2.21. The van der Waals surface area contributed by atoms with Crippen LogP contribution in [-0.4, -0.2) is 0 Å². The fourth-order valence-corrected chi connectivity index (χ4v) is 2.65. The van der Waals surface area contributed by atoms with Gasteiger partial charge in [0.05, 0.1) is 0 Å². The van der Waals surface area contributed by atoms with Gasteiger partial charge in [-0.2, -0.15) is 0 Å². The molecule has 0 fully saturated rings. The summed E-state index contributed by atoms with van der Waals surface area (Å²) in [4.78, 5) is 0. The first-order valence-corrected chi connectivity index (χ1v) is 7.50.